The number of nitrogens with zero attached hydrogens (tertiary/aromatic N) is 1. The summed E-state index contributed by atoms with van der Waals surface area (Å²) in [5, 5.41) is 12.6. The number of nitrogens with one attached hydrogen (secondary N) is 1. The molecule has 3 heterocycles. The Balaban J connectivity index is 1.33. The number of thiophene rings is 2. The van der Waals surface area contributed by atoms with Gasteiger partial charge in [-0.05, 0) is 38.0 Å². The first kappa shape index (κ1) is 21.0. The minimum Gasteiger partial charge on any atom is -0.481 e. The molecule has 1 aliphatic rings. The molecule has 10 heteroatoms. The Kier molecular flexibility index (Phi) is 5.19. The summed E-state index contributed by atoms with van der Waals surface area (Å²) >= 11 is 9.13. The number of hydrogen-bond donors (Lipinski definition) is 2. The zero-order chi connectivity index (χ0) is 22.5. The number of fused-ring (bicyclic) bond motifs is 1. The molecule has 5 rings (SSSR count). The normalized spacial score (nSPS) is 15.4. The van der Waals surface area contributed by atoms with Crippen LogP contribution in [0.2, 0.25) is 5.02 Å². The number of ether oxygens (including phenoxy) is 1. The Bertz CT molecular complexity index is 1310. The van der Waals surface area contributed by atoms with Gasteiger partial charge in [0.1, 0.15) is 17.2 Å². The molecular formula is C22H17ClN2O5S2. The first-order valence-corrected chi connectivity index (χ1v) is 11.8. The maximum atomic E-state index is 12.4. The molecular weight excluding hydrogens is 472 g/mol. The van der Waals surface area contributed by atoms with Crippen LogP contribution in [0.15, 0.2) is 47.2 Å². The van der Waals surface area contributed by atoms with Gasteiger partial charge in [0.25, 0.3) is 0 Å². The van der Waals surface area contributed by atoms with Gasteiger partial charge >= 0.3 is 12.1 Å². The van der Waals surface area contributed by atoms with E-state index in [1.165, 1.54) is 29.1 Å². The van der Waals surface area contributed by atoms with Crippen LogP contribution in [0.5, 0.6) is 0 Å². The summed E-state index contributed by atoms with van der Waals surface area (Å²) in [4.78, 5) is 30.0. The van der Waals surface area contributed by atoms with Crippen molar-refractivity contribution in [1.82, 2.24) is 4.98 Å². The van der Waals surface area contributed by atoms with Gasteiger partial charge in [0, 0.05) is 24.9 Å². The predicted octanol–water partition coefficient (Wildman–Crippen LogP) is 6.70. The number of carboxylic acids is 1. The molecule has 4 aromatic rings. The van der Waals surface area contributed by atoms with Crippen molar-refractivity contribution >= 4 is 61.6 Å². The van der Waals surface area contributed by atoms with Gasteiger partial charge in [-0.15, -0.1) is 22.7 Å². The molecule has 0 aliphatic heterocycles. The predicted molar refractivity (Wildman–Crippen MR) is 124 cm³/mol. The van der Waals surface area contributed by atoms with E-state index >= 15 is 0 Å². The first-order valence-electron chi connectivity index (χ1n) is 9.80. The highest BCUT2D eigenvalue weighted by Crippen LogP contribution is 2.53. The summed E-state index contributed by atoms with van der Waals surface area (Å²) < 4.78 is 12.8. The summed E-state index contributed by atoms with van der Waals surface area (Å²) in [7, 11) is 0. The van der Waals surface area contributed by atoms with E-state index in [4.69, 9.17) is 20.8 Å². The molecule has 2 N–H and O–H groups in total. The largest absolute Gasteiger partial charge is 0.481 e. The average molecular weight is 489 g/mol. The van der Waals surface area contributed by atoms with E-state index in [0.717, 1.165) is 19.2 Å². The Labute approximate surface area is 195 Å². The van der Waals surface area contributed by atoms with E-state index in [9.17, 15) is 14.7 Å². The van der Waals surface area contributed by atoms with Gasteiger partial charge in [-0.25, -0.2) is 9.78 Å². The lowest BCUT2D eigenvalue weighted by molar-refractivity contribution is -0.139. The number of benzene rings is 1. The number of carbonyl (C=O) groups is 2. The van der Waals surface area contributed by atoms with Crippen molar-refractivity contribution in [2.45, 2.75) is 31.3 Å². The molecule has 1 unspecified atom stereocenters. The van der Waals surface area contributed by atoms with Crippen LogP contribution in [-0.2, 0) is 14.9 Å². The van der Waals surface area contributed by atoms with Crippen LogP contribution in [0.4, 0.5) is 10.7 Å². The lowest BCUT2D eigenvalue weighted by Gasteiger charge is -2.14. The summed E-state index contributed by atoms with van der Waals surface area (Å²) in [6.45, 7) is 1.73. The quantitative estimate of drug-likeness (QED) is 0.313. The maximum absolute atomic E-state index is 12.4. The summed E-state index contributed by atoms with van der Waals surface area (Å²) in [5.41, 5.74) is 0.472. The van der Waals surface area contributed by atoms with Crippen molar-refractivity contribution in [2.24, 2.45) is 0 Å². The van der Waals surface area contributed by atoms with E-state index in [1.54, 1.807) is 25.1 Å². The number of hydrogen-bond acceptors (Lipinski definition) is 7. The number of carboxylic acid groups (broad SMARTS) is 1. The van der Waals surface area contributed by atoms with Crippen LogP contribution in [0.25, 0.3) is 20.0 Å². The third kappa shape index (κ3) is 3.66. The Morgan fingerprint density at radius 3 is 2.69 bits per heavy atom. The molecule has 1 aliphatic carbocycles. The highest BCUT2D eigenvalue weighted by atomic mass is 35.5. The van der Waals surface area contributed by atoms with E-state index in [-0.39, 0.29) is 5.88 Å². The fourth-order valence-corrected chi connectivity index (χ4v) is 6.46. The fourth-order valence-electron chi connectivity index (χ4n) is 3.54. The number of rotatable bonds is 6. The van der Waals surface area contributed by atoms with Crippen LogP contribution < -0.4 is 5.32 Å². The van der Waals surface area contributed by atoms with Crippen molar-refractivity contribution in [3.63, 3.8) is 0 Å². The van der Waals surface area contributed by atoms with Crippen LogP contribution in [-0.4, -0.2) is 22.2 Å². The molecule has 1 saturated carbocycles. The minimum absolute atomic E-state index is 0.180. The Morgan fingerprint density at radius 2 is 2.00 bits per heavy atom. The van der Waals surface area contributed by atoms with Crippen LogP contribution in [0, 0.1) is 0 Å². The second kappa shape index (κ2) is 7.91. The van der Waals surface area contributed by atoms with Crippen molar-refractivity contribution in [3.05, 3.63) is 58.3 Å². The molecule has 1 aromatic carbocycles. The van der Waals surface area contributed by atoms with Gasteiger partial charge in [-0.1, -0.05) is 29.8 Å². The van der Waals surface area contributed by atoms with Crippen molar-refractivity contribution in [2.75, 3.05) is 5.32 Å². The SMILES string of the molecule is CC(OC(=O)Nc1ocnc1-c1cc2sc(C3(C(=O)O)CC3)cc2s1)c1ccccc1Cl. The Hall–Kier alpha value is -2.88. The second-order valence-corrected chi connectivity index (χ2v) is 10.1. The summed E-state index contributed by atoms with van der Waals surface area (Å²) in [6, 6.07) is 11.0. The van der Waals surface area contributed by atoms with E-state index in [1.807, 2.05) is 18.2 Å². The molecule has 0 saturated heterocycles. The third-order valence-corrected chi connectivity index (χ3v) is 8.33. The van der Waals surface area contributed by atoms with E-state index < -0.39 is 23.6 Å². The van der Waals surface area contributed by atoms with Crippen LogP contribution in [0.3, 0.4) is 0 Å². The van der Waals surface area contributed by atoms with Crippen LogP contribution in [0.1, 0.15) is 36.3 Å². The molecule has 0 radical (unpaired) electrons. The highest BCUT2D eigenvalue weighted by molar-refractivity contribution is 7.29. The maximum Gasteiger partial charge on any atom is 0.414 e. The monoisotopic (exact) mass is 488 g/mol. The second-order valence-electron chi connectivity index (χ2n) is 7.56. The van der Waals surface area contributed by atoms with Gasteiger partial charge < -0.3 is 14.3 Å². The molecule has 32 heavy (non-hydrogen) atoms. The summed E-state index contributed by atoms with van der Waals surface area (Å²) in [5.74, 6) is -0.584. The molecule has 1 amide bonds. The molecule has 164 valence electrons. The molecule has 1 fully saturated rings. The zero-order valence-electron chi connectivity index (χ0n) is 16.8. The van der Waals surface area contributed by atoms with Gasteiger partial charge in [0.05, 0.1) is 4.88 Å². The van der Waals surface area contributed by atoms with E-state index in [0.29, 0.717) is 29.1 Å². The average Bonchev–Trinajstić information content (AvgIpc) is 3.05. The minimum atomic E-state index is -0.765. The fraction of sp³-hybridized carbons (Fsp3) is 0.227. The third-order valence-electron chi connectivity index (χ3n) is 5.48. The number of carbonyl (C=O) groups excluding carboxylic acids is 1. The lowest BCUT2D eigenvalue weighted by atomic mass is 10.1. The topological polar surface area (TPSA) is 102 Å². The summed E-state index contributed by atoms with van der Waals surface area (Å²) in [6.07, 6.45) is 1.37. The van der Waals surface area contributed by atoms with Crippen molar-refractivity contribution in [1.29, 1.82) is 0 Å². The van der Waals surface area contributed by atoms with Crippen molar-refractivity contribution < 1.29 is 23.8 Å². The molecule has 1 atom stereocenters. The van der Waals surface area contributed by atoms with Gasteiger partial charge in [0.15, 0.2) is 6.39 Å². The van der Waals surface area contributed by atoms with Crippen LogP contribution >= 0.6 is 34.3 Å². The van der Waals surface area contributed by atoms with Crippen molar-refractivity contribution in [3.8, 4) is 10.6 Å². The highest BCUT2D eigenvalue weighted by Gasteiger charge is 2.53. The van der Waals surface area contributed by atoms with Gasteiger partial charge in [-0.2, -0.15) is 0 Å². The number of anilines is 1. The number of amides is 1. The number of halogens is 1. The standard InChI is InChI=1S/C22H17ClN2O5S2/c1-11(12-4-2-3-5-13(12)23)30-21(28)25-19-18(24-10-29-19)16-8-14-15(31-16)9-17(32-14)22(6-7-22)20(26)27/h2-5,8-11H,6-7H2,1H3,(H,25,28)(H,26,27). The smallest absolute Gasteiger partial charge is 0.414 e. The number of oxazole rings is 1. The first-order chi connectivity index (χ1) is 15.4. The molecule has 7 nitrogen and oxygen atoms in total. The molecule has 0 spiro atoms. The zero-order valence-corrected chi connectivity index (χ0v) is 19.1. The lowest BCUT2D eigenvalue weighted by Crippen LogP contribution is -2.17. The van der Waals surface area contributed by atoms with Gasteiger partial charge in [0.2, 0.25) is 5.88 Å². The Morgan fingerprint density at radius 1 is 1.25 bits per heavy atom. The number of aliphatic carboxylic acids is 1. The van der Waals surface area contributed by atoms with Gasteiger partial charge in [-0.3, -0.25) is 10.1 Å². The molecule has 0 bridgehead atoms. The number of aromatic nitrogens is 1. The molecule has 3 aromatic heterocycles. The van der Waals surface area contributed by atoms with E-state index in [2.05, 4.69) is 10.3 Å².